The van der Waals surface area contributed by atoms with Crippen molar-refractivity contribution in [2.75, 3.05) is 19.6 Å². The molecule has 27 heavy (non-hydrogen) atoms. The Kier molecular flexibility index (Phi) is 4.68. The molecule has 5 nitrogen and oxygen atoms in total. The Labute approximate surface area is 158 Å². The third kappa shape index (κ3) is 3.34. The van der Waals surface area contributed by atoms with Crippen molar-refractivity contribution < 1.29 is 14.4 Å². The Morgan fingerprint density at radius 1 is 1.11 bits per heavy atom. The first-order valence-electron chi connectivity index (χ1n) is 9.64. The molecule has 0 saturated carbocycles. The van der Waals surface area contributed by atoms with Crippen LogP contribution in [0.2, 0.25) is 0 Å². The van der Waals surface area contributed by atoms with Crippen LogP contribution in [0.3, 0.4) is 0 Å². The van der Waals surface area contributed by atoms with E-state index in [-0.39, 0.29) is 30.1 Å². The number of amides is 2. The van der Waals surface area contributed by atoms with Gasteiger partial charge in [-0.1, -0.05) is 30.3 Å². The molecule has 1 heterocycles. The Morgan fingerprint density at radius 2 is 1.89 bits per heavy atom. The van der Waals surface area contributed by atoms with Crippen molar-refractivity contribution >= 4 is 28.4 Å². The van der Waals surface area contributed by atoms with E-state index in [0.29, 0.717) is 13.1 Å². The van der Waals surface area contributed by atoms with Crippen molar-refractivity contribution in [3.8, 4) is 0 Å². The summed E-state index contributed by atoms with van der Waals surface area (Å²) in [5.74, 6) is -0.398. The highest BCUT2D eigenvalue weighted by atomic mass is 16.2. The number of benzene rings is 2. The molecule has 2 aromatic carbocycles. The molecule has 2 aliphatic rings. The Hall–Kier alpha value is -2.69. The first-order valence-corrected chi connectivity index (χ1v) is 9.64. The number of nitrogens with zero attached hydrogens (tertiary/aromatic N) is 1. The van der Waals surface area contributed by atoms with E-state index in [1.54, 1.807) is 4.90 Å². The van der Waals surface area contributed by atoms with Gasteiger partial charge >= 0.3 is 0 Å². The second-order valence-corrected chi connectivity index (χ2v) is 7.56. The molecule has 2 aromatic rings. The average molecular weight is 364 g/mol. The van der Waals surface area contributed by atoms with E-state index in [2.05, 4.69) is 17.4 Å². The molecule has 0 bridgehead atoms. The third-order valence-corrected chi connectivity index (χ3v) is 5.78. The van der Waals surface area contributed by atoms with E-state index in [0.717, 1.165) is 36.6 Å². The fourth-order valence-corrected chi connectivity index (χ4v) is 4.41. The maximum absolute atomic E-state index is 13.3. The number of hydrogen-bond donors (Lipinski definition) is 1. The number of piperidine rings is 1. The third-order valence-electron chi connectivity index (χ3n) is 5.78. The van der Waals surface area contributed by atoms with Gasteiger partial charge in [0, 0.05) is 31.5 Å². The van der Waals surface area contributed by atoms with Crippen molar-refractivity contribution in [2.24, 2.45) is 5.92 Å². The molecule has 4 rings (SSSR count). The smallest absolute Gasteiger partial charge is 0.241 e. The van der Waals surface area contributed by atoms with E-state index in [1.165, 1.54) is 23.4 Å². The average Bonchev–Trinajstić information content (AvgIpc) is 3.11. The normalized spacial score (nSPS) is 18.6. The van der Waals surface area contributed by atoms with Gasteiger partial charge in [-0.2, -0.15) is 0 Å². The van der Waals surface area contributed by atoms with Crippen LogP contribution in [0.15, 0.2) is 30.3 Å². The minimum atomic E-state index is -0.221. The van der Waals surface area contributed by atoms with Crippen LogP contribution < -0.4 is 5.32 Å². The number of ketones is 1. The van der Waals surface area contributed by atoms with Crippen molar-refractivity contribution in [3.05, 3.63) is 47.0 Å². The molecule has 0 unspecified atom stereocenters. The Bertz CT molecular complexity index is 924. The fraction of sp³-hybridized carbons (Fsp3) is 0.409. The minimum Gasteiger partial charge on any atom is -0.347 e. The number of nitrogens with one attached hydrogen (secondary N) is 1. The van der Waals surface area contributed by atoms with Crippen LogP contribution in [0.25, 0.3) is 10.8 Å². The molecule has 5 heteroatoms. The highest BCUT2D eigenvalue weighted by Gasteiger charge is 2.30. The van der Waals surface area contributed by atoms with Crippen LogP contribution in [0.5, 0.6) is 0 Å². The maximum Gasteiger partial charge on any atom is 0.241 e. The Balaban J connectivity index is 1.56. The SMILES string of the molecule is CC(=O)NCC(=O)N1CCC[C@H](C(=O)c2ccc3c4c(cccc24)CC3)C1. The molecule has 0 aromatic heterocycles. The summed E-state index contributed by atoms with van der Waals surface area (Å²) in [5.41, 5.74) is 3.43. The maximum atomic E-state index is 13.3. The molecular formula is C22H24N2O3. The van der Waals surface area contributed by atoms with Crippen LogP contribution in [-0.4, -0.2) is 42.1 Å². The summed E-state index contributed by atoms with van der Waals surface area (Å²) in [5, 5.41) is 4.84. The van der Waals surface area contributed by atoms with E-state index >= 15 is 0 Å². The van der Waals surface area contributed by atoms with E-state index in [1.807, 2.05) is 18.2 Å². The summed E-state index contributed by atoms with van der Waals surface area (Å²) in [6.45, 7) is 2.47. The summed E-state index contributed by atoms with van der Waals surface area (Å²) in [7, 11) is 0. The Morgan fingerprint density at radius 3 is 2.67 bits per heavy atom. The second kappa shape index (κ2) is 7.14. The minimum absolute atomic E-state index is 0.00275. The van der Waals surface area contributed by atoms with Gasteiger partial charge in [0.15, 0.2) is 5.78 Å². The van der Waals surface area contributed by atoms with Gasteiger partial charge in [-0.15, -0.1) is 0 Å². The second-order valence-electron chi connectivity index (χ2n) is 7.56. The quantitative estimate of drug-likeness (QED) is 0.848. The van der Waals surface area contributed by atoms with Crippen molar-refractivity contribution in [1.29, 1.82) is 0 Å². The van der Waals surface area contributed by atoms with Gasteiger partial charge in [-0.05, 0) is 47.6 Å². The monoisotopic (exact) mass is 364 g/mol. The van der Waals surface area contributed by atoms with Gasteiger partial charge in [0.05, 0.1) is 6.54 Å². The van der Waals surface area contributed by atoms with Gasteiger partial charge < -0.3 is 10.2 Å². The van der Waals surface area contributed by atoms with Crippen LogP contribution in [0.4, 0.5) is 0 Å². The topological polar surface area (TPSA) is 66.5 Å². The summed E-state index contributed by atoms with van der Waals surface area (Å²) in [6, 6.07) is 10.3. The zero-order valence-corrected chi connectivity index (χ0v) is 15.6. The number of hydrogen-bond acceptors (Lipinski definition) is 3. The molecule has 0 spiro atoms. The van der Waals surface area contributed by atoms with Crippen LogP contribution >= 0.6 is 0 Å². The number of likely N-dealkylation sites (tertiary alicyclic amines) is 1. The highest BCUT2D eigenvalue weighted by Crippen LogP contribution is 2.34. The zero-order valence-electron chi connectivity index (χ0n) is 15.6. The largest absolute Gasteiger partial charge is 0.347 e. The molecule has 140 valence electrons. The van der Waals surface area contributed by atoms with E-state index < -0.39 is 0 Å². The highest BCUT2D eigenvalue weighted by molar-refractivity contribution is 6.11. The lowest BCUT2D eigenvalue weighted by Gasteiger charge is -2.32. The predicted octanol–water partition coefficient (Wildman–Crippen LogP) is 2.50. The lowest BCUT2D eigenvalue weighted by Crippen LogP contribution is -2.46. The number of rotatable bonds is 4. The molecule has 1 aliphatic carbocycles. The number of carbonyl (C=O) groups excluding carboxylic acids is 3. The standard InChI is InChI=1S/C22H24N2O3/c1-14(25)23-12-20(26)24-11-3-5-17(13-24)22(27)19-10-9-16-8-7-15-4-2-6-18(19)21(15)16/h2,4,6,9-10,17H,3,5,7-8,11-13H2,1H3,(H,23,25)/t17-/m0/s1. The molecule has 1 atom stereocenters. The first kappa shape index (κ1) is 17.7. The molecule has 1 fully saturated rings. The van der Waals surface area contributed by atoms with Crippen LogP contribution in [0, 0.1) is 5.92 Å². The van der Waals surface area contributed by atoms with E-state index in [4.69, 9.17) is 0 Å². The zero-order chi connectivity index (χ0) is 19.0. The predicted molar refractivity (Wildman–Crippen MR) is 104 cm³/mol. The molecular weight excluding hydrogens is 340 g/mol. The van der Waals surface area contributed by atoms with Gasteiger partial charge in [0.25, 0.3) is 0 Å². The summed E-state index contributed by atoms with van der Waals surface area (Å²) < 4.78 is 0. The molecule has 1 saturated heterocycles. The molecule has 1 aliphatic heterocycles. The van der Waals surface area contributed by atoms with Gasteiger partial charge in [0.1, 0.15) is 0 Å². The van der Waals surface area contributed by atoms with Crippen molar-refractivity contribution in [3.63, 3.8) is 0 Å². The summed E-state index contributed by atoms with van der Waals surface area (Å²) in [4.78, 5) is 38.3. The van der Waals surface area contributed by atoms with Crippen molar-refractivity contribution in [2.45, 2.75) is 32.6 Å². The number of Topliss-reactive ketones (excluding diaryl/α,β-unsaturated/α-hetero) is 1. The van der Waals surface area contributed by atoms with Crippen LogP contribution in [0.1, 0.15) is 41.3 Å². The molecule has 0 radical (unpaired) electrons. The number of carbonyl (C=O) groups is 3. The summed E-state index contributed by atoms with van der Waals surface area (Å²) >= 11 is 0. The molecule has 2 amide bonds. The lowest BCUT2D eigenvalue weighted by molar-refractivity contribution is -0.133. The van der Waals surface area contributed by atoms with Crippen LogP contribution in [-0.2, 0) is 22.4 Å². The van der Waals surface area contributed by atoms with Gasteiger partial charge in [-0.3, -0.25) is 14.4 Å². The molecule has 1 N–H and O–H groups in total. The fourth-order valence-electron chi connectivity index (χ4n) is 4.41. The number of aryl methyl sites for hydroxylation is 2. The lowest BCUT2D eigenvalue weighted by atomic mass is 9.87. The van der Waals surface area contributed by atoms with Crippen molar-refractivity contribution in [1.82, 2.24) is 10.2 Å². The summed E-state index contributed by atoms with van der Waals surface area (Å²) in [6.07, 6.45) is 3.69. The van der Waals surface area contributed by atoms with Gasteiger partial charge in [-0.25, -0.2) is 0 Å². The first-order chi connectivity index (χ1) is 13.0. The van der Waals surface area contributed by atoms with E-state index in [9.17, 15) is 14.4 Å². The van der Waals surface area contributed by atoms with Gasteiger partial charge in [0.2, 0.25) is 11.8 Å².